The number of carbonyl (C=O) groups is 2. The number of hydrogen-bond acceptors (Lipinski definition) is 11. The largest absolute Gasteiger partial charge is 0.444 e. The number of carbonyl (C=O) groups excluding carboxylic acids is 2. The van der Waals surface area contributed by atoms with E-state index < -0.39 is 18.4 Å². The van der Waals surface area contributed by atoms with Gasteiger partial charge in [0, 0.05) is 56.3 Å². The van der Waals surface area contributed by atoms with Crippen molar-refractivity contribution in [1.82, 2.24) is 35.7 Å². The molecule has 3 amide bonds. The Labute approximate surface area is 327 Å². The molecule has 3 heterocycles. The van der Waals surface area contributed by atoms with Crippen molar-refractivity contribution in [3.63, 3.8) is 0 Å². The highest BCUT2D eigenvalue weighted by Gasteiger charge is 2.28. The van der Waals surface area contributed by atoms with Crippen LogP contribution in [-0.4, -0.2) is 101 Å². The van der Waals surface area contributed by atoms with Crippen LogP contribution in [0.2, 0.25) is 0 Å². The molecule has 0 bridgehead atoms. The second kappa shape index (κ2) is 21.8. The normalized spacial score (nSPS) is 15.6. The molecule has 14 heteroatoms. The molecule has 0 spiro atoms. The van der Waals surface area contributed by atoms with Crippen molar-refractivity contribution >= 4 is 34.8 Å². The molecule has 0 radical (unpaired) electrons. The molecule has 1 fully saturated rings. The Bertz CT molecular complexity index is 1660. The first-order chi connectivity index (χ1) is 26.2. The molecule has 5 rings (SSSR count). The highest BCUT2D eigenvalue weighted by molar-refractivity contribution is 7.09. The zero-order chi connectivity index (χ0) is 38.1. The van der Waals surface area contributed by atoms with Crippen LogP contribution in [0, 0.1) is 0 Å². The number of nitrogens with zero attached hydrogens (tertiary/aromatic N) is 4. The second-order valence-electron chi connectivity index (χ2n) is 14.1. The Kier molecular flexibility index (Phi) is 16.7. The number of morpholine rings is 1. The molecule has 2 unspecified atom stereocenters. The predicted octanol–water partition coefficient (Wildman–Crippen LogP) is 5.79. The molecule has 2 aromatic heterocycles. The fraction of sp³-hybridized carbons (Fsp3) is 0.500. The van der Waals surface area contributed by atoms with Gasteiger partial charge < -0.3 is 30.1 Å². The van der Waals surface area contributed by atoms with Crippen LogP contribution < -0.4 is 16.0 Å². The van der Waals surface area contributed by atoms with Gasteiger partial charge in [-0.15, -0.1) is 22.7 Å². The minimum atomic E-state index is -1.03. The van der Waals surface area contributed by atoms with Crippen molar-refractivity contribution in [3.05, 3.63) is 104 Å². The zero-order valence-electron chi connectivity index (χ0n) is 31.6. The Hall–Kier alpha value is -3.92. The van der Waals surface area contributed by atoms with E-state index in [4.69, 9.17) is 14.5 Å². The lowest BCUT2D eigenvalue weighted by molar-refractivity contribution is 0.0284. The monoisotopic (exact) mass is 777 g/mol. The van der Waals surface area contributed by atoms with Crippen LogP contribution in [0.3, 0.4) is 0 Å². The summed E-state index contributed by atoms with van der Waals surface area (Å²) in [6.07, 6.45) is 3.27. The molecule has 1 aliphatic rings. The summed E-state index contributed by atoms with van der Waals surface area (Å²) in [5.41, 5.74) is 4.78. The maximum Gasteiger partial charge on any atom is 0.407 e. The quantitative estimate of drug-likeness (QED) is 0.0821. The molecule has 292 valence electrons. The number of aromatic nitrogens is 2. The highest BCUT2D eigenvalue weighted by Crippen LogP contribution is 2.20. The van der Waals surface area contributed by atoms with Gasteiger partial charge in [-0.1, -0.05) is 74.5 Å². The average Bonchev–Trinajstić information content (AvgIpc) is 3.89. The molecule has 2 aromatic carbocycles. The minimum Gasteiger partial charge on any atom is -0.444 e. The van der Waals surface area contributed by atoms with Crippen LogP contribution in [0.1, 0.15) is 65.7 Å². The molecule has 0 saturated carbocycles. The molecule has 0 aliphatic carbocycles. The molecule has 4 N–H and O–H groups in total. The SMILES string of the molecule is CC(C)c1nc(CN(C)C(=O)N[C@@H](CCN2CCOCC2)C(O)NC(CC[C@H](Cc2ccccc2)NC(=O)OCc2cncs2)Cc2ccccc2)cs1. The molecule has 12 nitrogen and oxygen atoms in total. The predicted molar refractivity (Wildman–Crippen MR) is 214 cm³/mol. The van der Waals surface area contributed by atoms with E-state index in [0.29, 0.717) is 64.3 Å². The first-order valence-corrected chi connectivity index (χ1v) is 20.6. The van der Waals surface area contributed by atoms with Crippen molar-refractivity contribution < 1.29 is 24.2 Å². The van der Waals surface area contributed by atoms with Gasteiger partial charge in [0.2, 0.25) is 0 Å². The Morgan fingerprint density at radius 2 is 1.61 bits per heavy atom. The standard InChI is InChI=1S/C40H55N7O5S2/c1-29(2)38-43-34(27-53-38)25-46(3)39(49)45-36(16-17-47-18-20-51-21-19-47)37(48)42-32(22-30-10-6-4-7-11-30)14-15-33(23-31-12-8-5-9-13-31)44-40(50)52-26-35-24-41-28-54-35/h4-13,24,27-29,32-33,36-37,42,48H,14-23,25-26H2,1-3H3,(H,44,50)(H,45,49)/t32?,33-,36+,37?/m1/s1. The molecular weight excluding hydrogens is 723 g/mol. The second-order valence-corrected chi connectivity index (χ2v) is 16.0. The summed E-state index contributed by atoms with van der Waals surface area (Å²) in [5.74, 6) is 0.324. The minimum absolute atomic E-state index is 0.161. The van der Waals surface area contributed by atoms with E-state index >= 15 is 0 Å². The third-order valence-electron chi connectivity index (χ3n) is 9.43. The van der Waals surface area contributed by atoms with E-state index in [1.54, 1.807) is 35.0 Å². The van der Waals surface area contributed by atoms with Crippen LogP contribution in [0.15, 0.2) is 77.8 Å². The maximum absolute atomic E-state index is 13.6. The van der Waals surface area contributed by atoms with E-state index in [1.807, 2.05) is 41.8 Å². The van der Waals surface area contributed by atoms with Gasteiger partial charge in [-0.2, -0.15) is 0 Å². The maximum atomic E-state index is 13.6. The zero-order valence-corrected chi connectivity index (χ0v) is 33.2. The topological polar surface area (TPSA) is 141 Å². The number of ether oxygens (including phenoxy) is 2. The third kappa shape index (κ3) is 14.1. The van der Waals surface area contributed by atoms with E-state index in [2.05, 4.69) is 63.9 Å². The van der Waals surface area contributed by atoms with Gasteiger partial charge in [-0.05, 0) is 43.2 Å². The number of amides is 3. The van der Waals surface area contributed by atoms with Crippen molar-refractivity contribution in [2.45, 2.75) is 89.4 Å². The number of thiazole rings is 2. The van der Waals surface area contributed by atoms with Crippen LogP contribution >= 0.6 is 22.7 Å². The number of hydrogen-bond donors (Lipinski definition) is 4. The fourth-order valence-electron chi connectivity index (χ4n) is 6.38. The van der Waals surface area contributed by atoms with Crippen LogP contribution in [-0.2, 0) is 35.5 Å². The number of rotatable bonds is 20. The Morgan fingerprint density at radius 1 is 0.944 bits per heavy atom. The summed E-state index contributed by atoms with van der Waals surface area (Å²) in [4.78, 5) is 40.2. The summed E-state index contributed by atoms with van der Waals surface area (Å²) in [6.45, 7) is 8.41. The van der Waals surface area contributed by atoms with Crippen LogP contribution in [0.4, 0.5) is 9.59 Å². The lowest BCUT2D eigenvalue weighted by atomic mass is 9.95. The van der Waals surface area contributed by atoms with Crippen LogP contribution in [0.25, 0.3) is 0 Å². The van der Waals surface area contributed by atoms with Gasteiger partial charge in [0.15, 0.2) is 0 Å². The summed E-state index contributed by atoms with van der Waals surface area (Å²) < 4.78 is 11.1. The first kappa shape index (κ1) is 41.2. The molecule has 4 atom stereocenters. The van der Waals surface area contributed by atoms with E-state index in [0.717, 1.165) is 39.8 Å². The van der Waals surface area contributed by atoms with Crippen molar-refractivity contribution in [2.75, 3.05) is 39.9 Å². The molecule has 1 aliphatic heterocycles. The van der Waals surface area contributed by atoms with E-state index in [9.17, 15) is 14.7 Å². The van der Waals surface area contributed by atoms with Gasteiger partial charge in [-0.25, -0.2) is 14.6 Å². The third-order valence-corrected chi connectivity index (χ3v) is 11.4. The summed E-state index contributed by atoms with van der Waals surface area (Å²) >= 11 is 3.05. The summed E-state index contributed by atoms with van der Waals surface area (Å²) in [6, 6.07) is 19.0. The number of benzene rings is 2. The van der Waals surface area contributed by atoms with Crippen molar-refractivity contribution in [1.29, 1.82) is 0 Å². The number of urea groups is 1. The highest BCUT2D eigenvalue weighted by atomic mass is 32.1. The van der Waals surface area contributed by atoms with E-state index in [1.165, 1.54) is 11.3 Å². The van der Waals surface area contributed by atoms with Crippen molar-refractivity contribution in [2.24, 2.45) is 0 Å². The lowest BCUT2D eigenvalue weighted by Crippen LogP contribution is -2.56. The smallest absolute Gasteiger partial charge is 0.407 e. The Morgan fingerprint density at radius 3 is 2.24 bits per heavy atom. The molecule has 1 saturated heterocycles. The van der Waals surface area contributed by atoms with Gasteiger partial charge >= 0.3 is 12.1 Å². The number of nitrogens with one attached hydrogen (secondary N) is 3. The lowest BCUT2D eigenvalue weighted by Gasteiger charge is -2.33. The summed E-state index contributed by atoms with van der Waals surface area (Å²) in [5, 5.41) is 24.7. The molecular formula is C40H55N7O5S2. The van der Waals surface area contributed by atoms with E-state index in [-0.39, 0.29) is 24.7 Å². The average molecular weight is 778 g/mol. The number of aliphatic hydroxyl groups excluding tert-OH is 1. The first-order valence-electron chi connectivity index (χ1n) is 18.8. The Balaban J connectivity index is 1.27. The number of alkyl carbamates (subject to hydrolysis) is 1. The van der Waals surface area contributed by atoms with Gasteiger partial charge in [-0.3, -0.25) is 15.2 Å². The fourth-order valence-corrected chi connectivity index (χ4v) is 7.72. The van der Waals surface area contributed by atoms with Gasteiger partial charge in [0.25, 0.3) is 0 Å². The van der Waals surface area contributed by atoms with Gasteiger partial charge in [0.05, 0.1) is 46.9 Å². The van der Waals surface area contributed by atoms with Crippen LogP contribution in [0.5, 0.6) is 0 Å². The summed E-state index contributed by atoms with van der Waals surface area (Å²) in [7, 11) is 1.75. The van der Waals surface area contributed by atoms with Crippen molar-refractivity contribution in [3.8, 4) is 0 Å². The molecule has 54 heavy (non-hydrogen) atoms. The number of aliphatic hydroxyl groups is 1. The molecule has 4 aromatic rings. The van der Waals surface area contributed by atoms with Gasteiger partial charge in [0.1, 0.15) is 12.8 Å².